The Morgan fingerprint density at radius 3 is 2.80 bits per heavy atom. The molecule has 1 aliphatic heterocycles. The first kappa shape index (κ1) is 14.8. The van der Waals surface area contributed by atoms with E-state index in [4.69, 9.17) is 10.5 Å². The number of benzene rings is 1. The van der Waals surface area contributed by atoms with E-state index in [1.54, 1.807) is 4.90 Å². The fraction of sp³-hybridized carbons (Fsp3) is 0.533. The summed E-state index contributed by atoms with van der Waals surface area (Å²) in [6, 6.07) is 9.29. The smallest absolute Gasteiger partial charge is 0.410 e. The minimum atomic E-state index is -0.691. The average molecular weight is 278 g/mol. The van der Waals surface area contributed by atoms with Gasteiger partial charge in [-0.1, -0.05) is 30.3 Å². The van der Waals surface area contributed by atoms with Crippen molar-refractivity contribution in [3.8, 4) is 0 Å². The number of amides is 1. The first-order valence-electron chi connectivity index (χ1n) is 6.99. The first-order valence-corrected chi connectivity index (χ1v) is 6.99. The van der Waals surface area contributed by atoms with E-state index in [0.717, 1.165) is 12.0 Å². The van der Waals surface area contributed by atoms with E-state index in [1.807, 2.05) is 37.3 Å². The monoisotopic (exact) mass is 278 g/mol. The van der Waals surface area contributed by atoms with E-state index < -0.39 is 12.2 Å². The number of carbonyl (C=O) groups excluding carboxylic acids is 1. The van der Waals surface area contributed by atoms with Gasteiger partial charge in [-0.15, -0.1) is 0 Å². The van der Waals surface area contributed by atoms with Crippen LogP contribution in [0.4, 0.5) is 4.79 Å². The molecule has 1 amide bonds. The highest BCUT2D eigenvalue weighted by Gasteiger charge is 2.30. The van der Waals surface area contributed by atoms with Gasteiger partial charge in [-0.2, -0.15) is 0 Å². The Bertz CT molecular complexity index is 438. The largest absolute Gasteiger partial charge is 0.445 e. The topological polar surface area (TPSA) is 75.8 Å². The van der Waals surface area contributed by atoms with Gasteiger partial charge >= 0.3 is 6.09 Å². The summed E-state index contributed by atoms with van der Waals surface area (Å²) < 4.78 is 5.31. The number of ether oxygens (including phenoxy) is 1. The summed E-state index contributed by atoms with van der Waals surface area (Å²) in [5, 5.41) is 9.91. The summed E-state index contributed by atoms with van der Waals surface area (Å²) in [6.45, 7) is 2.43. The molecule has 5 nitrogen and oxygen atoms in total. The SMILES string of the molecule is C[C@H]1CC[C@@H](N)[C@H](O)CN1C(=O)OCc1ccccc1. The number of aliphatic hydroxyl groups is 1. The number of aliphatic hydroxyl groups excluding tert-OH is 1. The molecule has 0 unspecified atom stereocenters. The van der Waals surface area contributed by atoms with Gasteiger partial charge in [0.2, 0.25) is 0 Å². The quantitative estimate of drug-likeness (QED) is 0.859. The molecule has 0 bridgehead atoms. The highest BCUT2D eigenvalue weighted by molar-refractivity contribution is 5.68. The molecule has 0 spiro atoms. The standard InChI is InChI=1S/C15H22N2O3/c1-11-7-8-13(16)14(18)9-17(11)15(19)20-10-12-5-3-2-4-6-12/h2-6,11,13-14,18H,7-10,16H2,1H3/t11-,13+,14+/m0/s1. The maximum Gasteiger partial charge on any atom is 0.410 e. The molecule has 110 valence electrons. The van der Waals surface area contributed by atoms with Crippen LogP contribution in [0.25, 0.3) is 0 Å². The zero-order valence-electron chi connectivity index (χ0n) is 11.7. The van der Waals surface area contributed by atoms with Gasteiger partial charge < -0.3 is 20.5 Å². The van der Waals surface area contributed by atoms with Gasteiger partial charge in [-0.25, -0.2) is 4.79 Å². The molecule has 0 aliphatic carbocycles. The molecule has 1 saturated heterocycles. The molecule has 3 N–H and O–H groups in total. The van der Waals surface area contributed by atoms with Crippen molar-refractivity contribution in [2.24, 2.45) is 5.73 Å². The van der Waals surface area contributed by atoms with Crippen LogP contribution in [0.1, 0.15) is 25.3 Å². The summed E-state index contributed by atoms with van der Waals surface area (Å²) in [5.74, 6) is 0. The number of carbonyl (C=O) groups is 1. The van der Waals surface area contributed by atoms with E-state index in [-0.39, 0.29) is 25.2 Å². The molecular formula is C15H22N2O3. The Balaban J connectivity index is 1.93. The zero-order chi connectivity index (χ0) is 14.5. The average Bonchev–Trinajstić information content (AvgIpc) is 2.59. The van der Waals surface area contributed by atoms with Crippen molar-refractivity contribution < 1.29 is 14.6 Å². The molecule has 1 aromatic carbocycles. The third kappa shape index (κ3) is 3.71. The summed E-state index contributed by atoms with van der Waals surface area (Å²) >= 11 is 0. The van der Waals surface area contributed by atoms with Gasteiger partial charge in [-0.05, 0) is 25.3 Å². The maximum atomic E-state index is 12.1. The van der Waals surface area contributed by atoms with Crippen LogP contribution in [0, 0.1) is 0 Å². The van der Waals surface area contributed by atoms with Crippen LogP contribution in [0.2, 0.25) is 0 Å². The second kappa shape index (κ2) is 6.72. The van der Waals surface area contributed by atoms with Crippen LogP contribution >= 0.6 is 0 Å². The molecule has 1 heterocycles. The Morgan fingerprint density at radius 2 is 2.10 bits per heavy atom. The lowest BCUT2D eigenvalue weighted by atomic mass is 10.1. The highest BCUT2D eigenvalue weighted by Crippen LogP contribution is 2.17. The van der Waals surface area contributed by atoms with Crippen molar-refractivity contribution in [2.45, 2.75) is 44.6 Å². The van der Waals surface area contributed by atoms with Crippen molar-refractivity contribution in [1.29, 1.82) is 0 Å². The van der Waals surface area contributed by atoms with Gasteiger partial charge in [0, 0.05) is 12.1 Å². The number of hydrogen-bond donors (Lipinski definition) is 2. The molecule has 0 radical (unpaired) electrons. The highest BCUT2D eigenvalue weighted by atomic mass is 16.6. The van der Waals surface area contributed by atoms with Crippen LogP contribution in [-0.4, -0.2) is 40.8 Å². The lowest BCUT2D eigenvalue weighted by Crippen LogP contribution is -2.45. The fourth-order valence-electron chi connectivity index (χ4n) is 2.36. The molecule has 20 heavy (non-hydrogen) atoms. The van der Waals surface area contributed by atoms with E-state index in [0.29, 0.717) is 6.42 Å². The van der Waals surface area contributed by atoms with Crippen molar-refractivity contribution in [1.82, 2.24) is 4.90 Å². The summed E-state index contributed by atoms with van der Waals surface area (Å²) in [7, 11) is 0. The van der Waals surface area contributed by atoms with Gasteiger partial charge in [0.05, 0.1) is 12.6 Å². The first-order chi connectivity index (χ1) is 9.58. The van der Waals surface area contributed by atoms with Crippen molar-refractivity contribution in [2.75, 3.05) is 6.54 Å². The van der Waals surface area contributed by atoms with Crippen molar-refractivity contribution in [3.05, 3.63) is 35.9 Å². The summed E-state index contributed by atoms with van der Waals surface area (Å²) in [5.41, 5.74) is 6.78. The van der Waals surface area contributed by atoms with Gasteiger partial charge in [-0.3, -0.25) is 0 Å². The molecular weight excluding hydrogens is 256 g/mol. The fourth-order valence-corrected chi connectivity index (χ4v) is 2.36. The van der Waals surface area contributed by atoms with Crippen LogP contribution in [0.3, 0.4) is 0 Å². The van der Waals surface area contributed by atoms with Crippen molar-refractivity contribution >= 4 is 6.09 Å². The predicted molar refractivity (Wildman–Crippen MR) is 76.0 cm³/mol. The minimum Gasteiger partial charge on any atom is -0.445 e. The number of hydrogen-bond acceptors (Lipinski definition) is 4. The van der Waals surface area contributed by atoms with Gasteiger partial charge in [0.15, 0.2) is 0 Å². The molecule has 5 heteroatoms. The third-order valence-corrected chi connectivity index (χ3v) is 3.77. The Hall–Kier alpha value is -1.59. The molecule has 0 aromatic heterocycles. The Kier molecular flexibility index (Phi) is 4.98. The van der Waals surface area contributed by atoms with Crippen molar-refractivity contribution in [3.63, 3.8) is 0 Å². The lowest BCUT2D eigenvalue weighted by Gasteiger charge is -2.27. The summed E-state index contributed by atoms with van der Waals surface area (Å²) in [6.07, 6.45) is 0.405. The maximum absolute atomic E-state index is 12.1. The third-order valence-electron chi connectivity index (χ3n) is 3.77. The molecule has 1 fully saturated rings. The van der Waals surface area contributed by atoms with Crippen LogP contribution in [0.5, 0.6) is 0 Å². The van der Waals surface area contributed by atoms with Crippen LogP contribution in [-0.2, 0) is 11.3 Å². The van der Waals surface area contributed by atoms with E-state index in [1.165, 1.54) is 0 Å². The number of β-amino-alcohol motifs (C(OH)–C–C–N with tert-alkyl or cyclic N) is 1. The number of rotatable bonds is 2. The Morgan fingerprint density at radius 1 is 1.40 bits per heavy atom. The van der Waals surface area contributed by atoms with E-state index in [2.05, 4.69) is 0 Å². The Labute approximate surface area is 119 Å². The summed E-state index contributed by atoms with van der Waals surface area (Å²) in [4.78, 5) is 13.7. The van der Waals surface area contributed by atoms with E-state index in [9.17, 15) is 9.90 Å². The molecule has 1 aromatic rings. The second-order valence-corrected chi connectivity index (χ2v) is 5.35. The normalized spacial score (nSPS) is 26.9. The minimum absolute atomic E-state index is 0.0291. The molecule has 1 aliphatic rings. The van der Waals surface area contributed by atoms with Crippen LogP contribution in [0.15, 0.2) is 30.3 Å². The molecule has 3 atom stereocenters. The lowest BCUT2D eigenvalue weighted by molar-refractivity contribution is 0.0582. The number of nitrogens with zero attached hydrogens (tertiary/aromatic N) is 1. The number of likely N-dealkylation sites (tertiary alicyclic amines) is 1. The molecule has 2 rings (SSSR count). The molecule has 0 saturated carbocycles. The predicted octanol–water partition coefficient (Wildman–Crippen LogP) is 1.50. The number of nitrogens with two attached hydrogens (primary N) is 1. The second-order valence-electron chi connectivity index (χ2n) is 5.35. The van der Waals surface area contributed by atoms with Gasteiger partial charge in [0.1, 0.15) is 6.61 Å². The van der Waals surface area contributed by atoms with Gasteiger partial charge in [0.25, 0.3) is 0 Å². The van der Waals surface area contributed by atoms with Crippen LogP contribution < -0.4 is 5.73 Å². The van der Waals surface area contributed by atoms with E-state index >= 15 is 0 Å². The zero-order valence-corrected chi connectivity index (χ0v) is 11.7.